The van der Waals surface area contributed by atoms with Crippen LogP contribution < -0.4 is 5.69 Å². The maximum atomic E-state index is 12.8. The van der Waals surface area contributed by atoms with Crippen molar-refractivity contribution in [3.63, 3.8) is 0 Å². The van der Waals surface area contributed by atoms with Crippen LogP contribution in [-0.4, -0.2) is 42.9 Å². The zero-order valence-corrected chi connectivity index (χ0v) is 19.8. The van der Waals surface area contributed by atoms with Crippen molar-refractivity contribution in [2.75, 3.05) is 6.54 Å². The molecule has 1 N–H and O–H groups in total. The fraction of sp³-hybridized carbons (Fsp3) is 0.333. The first-order valence-electron chi connectivity index (χ1n) is 11.9. The van der Waals surface area contributed by atoms with E-state index in [4.69, 9.17) is 4.98 Å². The third-order valence-corrected chi connectivity index (χ3v) is 6.69. The fourth-order valence-corrected chi connectivity index (χ4v) is 4.76. The zero-order valence-electron chi connectivity index (χ0n) is 19.8. The summed E-state index contributed by atoms with van der Waals surface area (Å²) in [4.78, 5) is 39.6. The van der Waals surface area contributed by atoms with Gasteiger partial charge in [0.1, 0.15) is 5.52 Å². The second kappa shape index (κ2) is 8.89. The molecule has 1 saturated heterocycles. The first-order valence-corrected chi connectivity index (χ1v) is 11.9. The number of likely N-dealkylation sites (tertiary alicyclic amines) is 1. The molecule has 2 aromatic heterocycles. The lowest BCUT2D eigenvalue weighted by atomic mass is 9.97. The summed E-state index contributed by atoms with van der Waals surface area (Å²) < 4.78 is 1.62. The number of fused-ring (bicyclic) bond motifs is 1. The maximum absolute atomic E-state index is 12.8. The minimum atomic E-state index is -0.232. The predicted octanol–water partition coefficient (Wildman–Crippen LogP) is 4.58. The number of H-pyrrole nitrogens is 1. The second-order valence-corrected chi connectivity index (χ2v) is 9.38. The van der Waals surface area contributed by atoms with Gasteiger partial charge in [0.15, 0.2) is 11.5 Å². The summed E-state index contributed by atoms with van der Waals surface area (Å²) in [5.41, 5.74) is 4.68. The number of imidazole rings is 1. The van der Waals surface area contributed by atoms with E-state index in [9.17, 15) is 9.59 Å². The van der Waals surface area contributed by atoms with Crippen LogP contribution in [0.4, 0.5) is 0 Å². The smallest absolute Gasteiger partial charge is 0.328 e. The fourth-order valence-electron chi connectivity index (χ4n) is 4.76. The first kappa shape index (κ1) is 22.1. The maximum Gasteiger partial charge on any atom is 0.328 e. The molecule has 4 aromatic rings. The molecule has 0 spiro atoms. The number of hydrogen-bond donors (Lipinski definition) is 1. The van der Waals surface area contributed by atoms with Crippen LogP contribution in [0.5, 0.6) is 0 Å². The van der Waals surface area contributed by atoms with Crippen LogP contribution in [0.2, 0.25) is 0 Å². The molecule has 0 saturated carbocycles. The van der Waals surface area contributed by atoms with Crippen LogP contribution in [0.15, 0.2) is 59.5 Å². The highest BCUT2D eigenvalue weighted by molar-refractivity contribution is 5.94. The minimum absolute atomic E-state index is 0.0713. The lowest BCUT2D eigenvalue weighted by Gasteiger charge is -2.21. The Labute approximate surface area is 198 Å². The Hall–Kier alpha value is -3.74. The van der Waals surface area contributed by atoms with Gasteiger partial charge in [0, 0.05) is 23.7 Å². The molecule has 5 rings (SSSR count). The molecule has 0 radical (unpaired) electrons. The summed E-state index contributed by atoms with van der Waals surface area (Å²) >= 11 is 0. The zero-order chi connectivity index (χ0) is 23.8. The van der Waals surface area contributed by atoms with Crippen LogP contribution >= 0.6 is 0 Å². The van der Waals surface area contributed by atoms with Gasteiger partial charge < -0.3 is 9.88 Å². The van der Waals surface area contributed by atoms with Crippen molar-refractivity contribution < 1.29 is 4.79 Å². The van der Waals surface area contributed by atoms with Gasteiger partial charge in [-0.25, -0.2) is 14.8 Å². The van der Waals surface area contributed by atoms with Crippen molar-refractivity contribution in [3.8, 4) is 11.4 Å². The van der Waals surface area contributed by atoms with E-state index < -0.39 is 0 Å². The largest absolute Gasteiger partial charge is 0.336 e. The Morgan fingerprint density at radius 1 is 1.15 bits per heavy atom. The summed E-state index contributed by atoms with van der Waals surface area (Å²) in [5.74, 6) is 1.00. The van der Waals surface area contributed by atoms with Gasteiger partial charge in [-0.05, 0) is 48.9 Å². The van der Waals surface area contributed by atoms with Crippen molar-refractivity contribution in [2.24, 2.45) is 0 Å². The van der Waals surface area contributed by atoms with Gasteiger partial charge >= 0.3 is 5.69 Å². The van der Waals surface area contributed by atoms with Gasteiger partial charge in [0.2, 0.25) is 0 Å². The summed E-state index contributed by atoms with van der Waals surface area (Å²) in [6, 6.07) is 15.9. The van der Waals surface area contributed by atoms with Gasteiger partial charge in [-0.3, -0.25) is 9.36 Å². The van der Waals surface area contributed by atoms with Crippen molar-refractivity contribution in [3.05, 3.63) is 81.9 Å². The molecule has 174 valence electrons. The van der Waals surface area contributed by atoms with Crippen LogP contribution in [0, 0.1) is 0 Å². The number of aromatic amines is 1. The third-order valence-electron chi connectivity index (χ3n) is 6.69. The molecule has 7 heteroatoms. The number of rotatable bonds is 5. The lowest BCUT2D eigenvalue weighted by Crippen LogP contribution is -2.33. The summed E-state index contributed by atoms with van der Waals surface area (Å²) in [5, 5.41) is 0. The highest BCUT2D eigenvalue weighted by atomic mass is 16.2. The van der Waals surface area contributed by atoms with Gasteiger partial charge in [-0.2, -0.15) is 0 Å². The molecule has 34 heavy (non-hydrogen) atoms. The number of hydrogen-bond acceptors (Lipinski definition) is 4. The summed E-state index contributed by atoms with van der Waals surface area (Å²) in [6.07, 6.45) is 3.78. The Morgan fingerprint density at radius 2 is 1.91 bits per heavy atom. The van der Waals surface area contributed by atoms with Crippen LogP contribution in [0.1, 0.15) is 61.0 Å². The van der Waals surface area contributed by atoms with E-state index in [2.05, 4.69) is 36.8 Å². The number of nitrogens with one attached hydrogen (secondary N) is 1. The van der Waals surface area contributed by atoms with Crippen molar-refractivity contribution in [1.29, 1.82) is 0 Å². The number of carbonyl (C=O) groups excluding carboxylic acids is 1. The number of amides is 1. The standard InChI is InChI=1S/C27H29N5O2/c1-17(2)21-8-4-5-9-22(21)24-28-15-23-25(30-24)32(27(34)29-23)16-19-10-12-20(13-11-19)26(33)31-14-6-7-18(31)3/h4-5,8-13,15,17-18H,6-7,14,16H2,1-3H3,(H,29,34)/t18-/m0/s1. The minimum Gasteiger partial charge on any atom is -0.336 e. The Bertz CT molecular complexity index is 1400. The molecular weight excluding hydrogens is 426 g/mol. The van der Waals surface area contributed by atoms with Crippen molar-refractivity contribution in [1.82, 2.24) is 24.4 Å². The van der Waals surface area contributed by atoms with E-state index in [1.807, 2.05) is 47.4 Å². The molecular formula is C27H29N5O2. The Balaban J connectivity index is 1.45. The molecule has 0 unspecified atom stereocenters. The van der Waals surface area contributed by atoms with E-state index in [0.717, 1.165) is 30.5 Å². The molecule has 1 aliphatic rings. The number of benzene rings is 2. The molecule has 1 fully saturated rings. The van der Waals surface area contributed by atoms with Gasteiger partial charge in [-0.15, -0.1) is 0 Å². The Kier molecular flexibility index (Phi) is 5.77. The average Bonchev–Trinajstić information content (AvgIpc) is 3.41. The molecule has 0 aliphatic carbocycles. The monoisotopic (exact) mass is 455 g/mol. The SMILES string of the molecule is CC(C)c1ccccc1-c1ncc2[nH]c(=O)n(Cc3ccc(C(=O)N4CCC[C@@H]4C)cc3)c2n1. The summed E-state index contributed by atoms with van der Waals surface area (Å²) in [6.45, 7) is 7.55. The van der Waals surface area contributed by atoms with Gasteiger partial charge in [0.25, 0.3) is 5.91 Å². The van der Waals surface area contributed by atoms with E-state index in [-0.39, 0.29) is 17.6 Å². The predicted molar refractivity (Wildman–Crippen MR) is 133 cm³/mol. The lowest BCUT2D eigenvalue weighted by molar-refractivity contribution is 0.0747. The van der Waals surface area contributed by atoms with Crippen LogP contribution in [-0.2, 0) is 6.54 Å². The van der Waals surface area contributed by atoms with E-state index in [1.165, 1.54) is 5.56 Å². The average molecular weight is 456 g/mol. The van der Waals surface area contributed by atoms with Gasteiger partial charge in [-0.1, -0.05) is 50.2 Å². The van der Waals surface area contributed by atoms with Crippen LogP contribution in [0.25, 0.3) is 22.6 Å². The molecule has 2 aromatic carbocycles. The number of aromatic nitrogens is 4. The van der Waals surface area contributed by atoms with Gasteiger partial charge in [0.05, 0.1) is 12.7 Å². The molecule has 3 heterocycles. The van der Waals surface area contributed by atoms with E-state index in [0.29, 0.717) is 35.0 Å². The molecule has 1 atom stereocenters. The first-order chi connectivity index (χ1) is 16.4. The number of carbonyl (C=O) groups is 1. The highest BCUT2D eigenvalue weighted by Gasteiger charge is 2.25. The third kappa shape index (κ3) is 4.02. The highest BCUT2D eigenvalue weighted by Crippen LogP contribution is 2.27. The van der Waals surface area contributed by atoms with E-state index >= 15 is 0 Å². The topological polar surface area (TPSA) is 83.9 Å². The summed E-state index contributed by atoms with van der Waals surface area (Å²) in [7, 11) is 0. The molecule has 1 amide bonds. The molecule has 0 bridgehead atoms. The quantitative estimate of drug-likeness (QED) is 0.477. The van der Waals surface area contributed by atoms with Crippen molar-refractivity contribution in [2.45, 2.75) is 52.1 Å². The van der Waals surface area contributed by atoms with E-state index in [1.54, 1.807) is 10.8 Å². The molecule has 1 aliphatic heterocycles. The second-order valence-electron chi connectivity index (χ2n) is 9.38. The van der Waals surface area contributed by atoms with Crippen LogP contribution in [0.3, 0.4) is 0 Å². The van der Waals surface area contributed by atoms with Crippen molar-refractivity contribution >= 4 is 17.1 Å². The normalized spacial score (nSPS) is 16.0. The Morgan fingerprint density at radius 3 is 2.62 bits per heavy atom. The number of nitrogens with zero attached hydrogens (tertiary/aromatic N) is 4. The molecule has 7 nitrogen and oxygen atoms in total.